The lowest BCUT2D eigenvalue weighted by Crippen LogP contribution is -2.52. The summed E-state index contributed by atoms with van der Waals surface area (Å²) in [6.45, 7) is 14.9. The van der Waals surface area contributed by atoms with Crippen molar-refractivity contribution >= 4 is 11.9 Å². The maximum absolute atomic E-state index is 12.5. The van der Waals surface area contributed by atoms with Crippen LogP contribution in [0.5, 0.6) is 0 Å². The van der Waals surface area contributed by atoms with Gasteiger partial charge >= 0.3 is 6.03 Å². The molecule has 0 aromatic heterocycles. The molecule has 1 aromatic rings. The maximum atomic E-state index is 12.5. The molecule has 1 aliphatic rings. The summed E-state index contributed by atoms with van der Waals surface area (Å²) in [5.74, 6) is 0.511. The van der Waals surface area contributed by atoms with E-state index in [1.54, 1.807) is 23.9 Å². The van der Waals surface area contributed by atoms with Crippen molar-refractivity contribution in [2.75, 3.05) is 40.3 Å². The van der Waals surface area contributed by atoms with Crippen LogP contribution in [-0.2, 0) is 0 Å². The van der Waals surface area contributed by atoms with Gasteiger partial charge in [-0.1, -0.05) is 60.1 Å². The lowest BCUT2D eigenvalue weighted by molar-refractivity contribution is 0.0650. The Morgan fingerprint density at radius 3 is 1.70 bits per heavy atom. The van der Waals surface area contributed by atoms with Gasteiger partial charge in [0.05, 0.1) is 0 Å². The number of hydrogen-bond donors (Lipinski definition) is 0. The fourth-order valence-corrected chi connectivity index (χ4v) is 2.58. The van der Waals surface area contributed by atoms with Crippen LogP contribution in [-0.4, -0.2) is 66.9 Å². The van der Waals surface area contributed by atoms with Crippen LogP contribution in [0.25, 0.3) is 0 Å². The zero-order valence-corrected chi connectivity index (χ0v) is 18.6. The Morgan fingerprint density at radius 2 is 1.33 bits per heavy atom. The predicted octanol–water partition coefficient (Wildman–Crippen LogP) is 4.69. The van der Waals surface area contributed by atoms with Crippen molar-refractivity contribution in [3.05, 3.63) is 35.4 Å². The number of nitrogens with zero attached hydrogens (tertiary/aromatic N) is 3. The second-order valence-corrected chi connectivity index (χ2v) is 6.94. The SMILES string of the molecule is CC.CC(C)c1ccc(C(=O)N2CCN(C(=O)N(C)C)CC2)cc1.CCC. The topological polar surface area (TPSA) is 43.9 Å². The molecule has 27 heavy (non-hydrogen) atoms. The van der Waals surface area contributed by atoms with Gasteiger partial charge in [-0.3, -0.25) is 4.79 Å². The number of rotatable bonds is 2. The number of benzene rings is 1. The van der Waals surface area contributed by atoms with E-state index in [1.165, 1.54) is 12.0 Å². The van der Waals surface area contributed by atoms with Crippen LogP contribution in [0, 0.1) is 0 Å². The summed E-state index contributed by atoms with van der Waals surface area (Å²) in [6, 6.07) is 7.84. The Kier molecular flexibility index (Phi) is 12.2. The lowest BCUT2D eigenvalue weighted by atomic mass is 10.0. The Hall–Kier alpha value is -2.04. The second-order valence-electron chi connectivity index (χ2n) is 6.94. The van der Waals surface area contributed by atoms with Gasteiger partial charge in [0.2, 0.25) is 0 Å². The molecule has 0 unspecified atom stereocenters. The molecule has 0 N–H and O–H groups in total. The molecule has 0 bridgehead atoms. The van der Waals surface area contributed by atoms with Crippen molar-refractivity contribution in [1.29, 1.82) is 0 Å². The van der Waals surface area contributed by atoms with Gasteiger partial charge in [0, 0.05) is 45.8 Å². The van der Waals surface area contributed by atoms with Crippen LogP contribution in [0.3, 0.4) is 0 Å². The third kappa shape index (κ3) is 8.02. The van der Waals surface area contributed by atoms with Crippen molar-refractivity contribution < 1.29 is 9.59 Å². The van der Waals surface area contributed by atoms with E-state index in [2.05, 4.69) is 27.7 Å². The molecule has 1 aliphatic heterocycles. The summed E-state index contributed by atoms with van der Waals surface area (Å²) in [5.41, 5.74) is 1.95. The van der Waals surface area contributed by atoms with E-state index in [9.17, 15) is 9.59 Å². The minimum atomic E-state index is 0.00776. The first kappa shape index (κ1) is 25.0. The first-order chi connectivity index (χ1) is 12.8. The van der Waals surface area contributed by atoms with Gasteiger partial charge in [0.25, 0.3) is 5.91 Å². The minimum Gasteiger partial charge on any atom is -0.335 e. The Labute approximate surface area is 166 Å². The quantitative estimate of drug-likeness (QED) is 0.750. The molecule has 0 saturated carbocycles. The van der Waals surface area contributed by atoms with Gasteiger partial charge in [0.1, 0.15) is 0 Å². The number of piperazine rings is 1. The molecule has 2 rings (SSSR count). The number of hydrogen-bond acceptors (Lipinski definition) is 2. The van der Waals surface area contributed by atoms with Crippen LogP contribution in [0.2, 0.25) is 0 Å². The van der Waals surface area contributed by atoms with E-state index in [0.717, 1.165) is 5.56 Å². The molecule has 0 atom stereocenters. The van der Waals surface area contributed by atoms with Crippen LogP contribution in [0.1, 0.15) is 69.8 Å². The number of amides is 3. The highest BCUT2D eigenvalue weighted by Gasteiger charge is 2.25. The Bertz CT molecular complexity index is 545. The molecule has 0 aliphatic carbocycles. The van der Waals surface area contributed by atoms with Gasteiger partial charge in [0.15, 0.2) is 0 Å². The first-order valence-corrected chi connectivity index (χ1v) is 10.2. The van der Waals surface area contributed by atoms with E-state index in [0.29, 0.717) is 32.1 Å². The fourth-order valence-electron chi connectivity index (χ4n) is 2.58. The predicted molar refractivity (Wildman–Crippen MR) is 114 cm³/mol. The summed E-state index contributed by atoms with van der Waals surface area (Å²) < 4.78 is 0. The first-order valence-electron chi connectivity index (χ1n) is 10.2. The zero-order chi connectivity index (χ0) is 21.0. The number of carbonyl (C=O) groups is 2. The molecule has 0 spiro atoms. The van der Waals surface area contributed by atoms with Crippen molar-refractivity contribution in [3.63, 3.8) is 0 Å². The van der Waals surface area contributed by atoms with E-state index in [1.807, 2.05) is 43.0 Å². The summed E-state index contributed by atoms with van der Waals surface area (Å²) in [5, 5.41) is 0. The molecule has 5 nitrogen and oxygen atoms in total. The van der Waals surface area contributed by atoms with Crippen LogP contribution >= 0.6 is 0 Å². The van der Waals surface area contributed by atoms with Crippen molar-refractivity contribution in [2.24, 2.45) is 0 Å². The Balaban J connectivity index is 0.00000123. The molecule has 154 valence electrons. The lowest BCUT2D eigenvalue weighted by Gasteiger charge is -2.36. The van der Waals surface area contributed by atoms with Gasteiger partial charge in [-0.2, -0.15) is 0 Å². The van der Waals surface area contributed by atoms with Crippen molar-refractivity contribution in [2.45, 2.75) is 53.9 Å². The van der Waals surface area contributed by atoms with Crippen molar-refractivity contribution in [1.82, 2.24) is 14.7 Å². The monoisotopic (exact) mass is 377 g/mol. The molecule has 1 aromatic carbocycles. The number of carbonyl (C=O) groups excluding carboxylic acids is 2. The molecular formula is C22H39N3O2. The summed E-state index contributed by atoms with van der Waals surface area (Å²) >= 11 is 0. The van der Waals surface area contributed by atoms with Crippen LogP contribution in [0.15, 0.2) is 24.3 Å². The summed E-state index contributed by atoms with van der Waals surface area (Å²) in [4.78, 5) is 29.6. The molecule has 1 fully saturated rings. The van der Waals surface area contributed by atoms with Crippen molar-refractivity contribution in [3.8, 4) is 0 Å². The standard InChI is InChI=1S/C17H25N3O2.C3H8.C2H6/c1-13(2)14-5-7-15(8-6-14)16(21)19-9-11-20(12-10-19)17(22)18(3)4;1-3-2;1-2/h5-8,13H,9-12H2,1-4H3;3H2,1-2H3;1-2H3. The molecule has 1 saturated heterocycles. The average Bonchev–Trinajstić information content (AvgIpc) is 2.69. The molecule has 3 amide bonds. The van der Waals surface area contributed by atoms with E-state index in [4.69, 9.17) is 0 Å². The second kappa shape index (κ2) is 13.2. The Morgan fingerprint density at radius 1 is 0.926 bits per heavy atom. The van der Waals surface area contributed by atoms with Crippen LogP contribution < -0.4 is 0 Å². The normalized spacial score (nSPS) is 13.2. The minimum absolute atomic E-state index is 0.00776. The van der Waals surface area contributed by atoms with Gasteiger partial charge < -0.3 is 14.7 Å². The van der Waals surface area contributed by atoms with Gasteiger partial charge in [-0.15, -0.1) is 0 Å². The molecular weight excluding hydrogens is 338 g/mol. The van der Waals surface area contributed by atoms with E-state index >= 15 is 0 Å². The smallest absolute Gasteiger partial charge is 0.319 e. The van der Waals surface area contributed by atoms with E-state index < -0.39 is 0 Å². The molecule has 5 heteroatoms. The highest BCUT2D eigenvalue weighted by molar-refractivity contribution is 5.94. The zero-order valence-electron chi connectivity index (χ0n) is 18.6. The number of urea groups is 1. The maximum Gasteiger partial charge on any atom is 0.319 e. The highest BCUT2D eigenvalue weighted by atomic mass is 16.2. The summed E-state index contributed by atoms with van der Waals surface area (Å²) in [6.07, 6.45) is 1.25. The summed E-state index contributed by atoms with van der Waals surface area (Å²) in [7, 11) is 3.49. The third-order valence-corrected chi connectivity index (χ3v) is 4.04. The van der Waals surface area contributed by atoms with Gasteiger partial charge in [-0.05, 0) is 23.6 Å². The highest BCUT2D eigenvalue weighted by Crippen LogP contribution is 2.16. The fraction of sp³-hybridized carbons (Fsp3) is 0.636. The van der Waals surface area contributed by atoms with E-state index in [-0.39, 0.29) is 11.9 Å². The molecule has 1 heterocycles. The molecule has 0 radical (unpaired) electrons. The van der Waals surface area contributed by atoms with Gasteiger partial charge in [-0.25, -0.2) is 4.79 Å². The van der Waals surface area contributed by atoms with Crippen LogP contribution in [0.4, 0.5) is 4.79 Å². The largest absolute Gasteiger partial charge is 0.335 e. The third-order valence-electron chi connectivity index (χ3n) is 4.04. The average molecular weight is 378 g/mol.